The van der Waals surface area contributed by atoms with Crippen molar-refractivity contribution in [3.05, 3.63) is 0 Å². The van der Waals surface area contributed by atoms with Crippen molar-refractivity contribution in [1.29, 1.82) is 0 Å². The molecule has 0 aliphatic heterocycles. The average molecular weight is 188 g/mol. The van der Waals surface area contributed by atoms with Crippen molar-refractivity contribution in [2.75, 3.05) is 12.3 Å². The lowest BCUT2D eigenvalue weighted by molar-refractivity contribution is 0.626. The van der Waals surface area contributed by atoms with Crippen molar-refractivity contribution in [3.63, 3.8) is 0 Å². The molecule has 0 N–H and O–H groups in total. The first kappa shape index (κ1) is 12.4. The fraction of sp³-hybridized carbons (Fsp3) is 1.00. The van der Waals surface area contributed by atoms with Gasteiger partial charge in [-0.1, -0.05) is 52.4 Å². The SMILES string of the molecule is CCCCCCCCPCCC. The van der Waals surface area contributed by atoms with Gasteiger partial charge in [0, 0.05) is 0 Å². The van der Waals surface area contributed by atoms with Gasteiger partial charge in [0.2, 0.25) is 0 Å². The maximum absolute atomic E-state index is 2.29. The van der Waals surface area contributed by atoms with E-state index in [0.717, 1.165) is 0 Å². The van der Waals surface area contributed by atoms with Crippen molar-refractivity contribution in [3.8, 4) is 0 Å². The van der Waals surface area contributed by atoms with Crippen LogP contribution < -0.4 is 0 Å². The van der Waals surface area contributed by atoms with Gasteiger partial charge in [0.05, 0.1) is 0 Å². The summed E-state index contributed by atoms with van der Waals surface area (Å²) < 4.78 is 0. The molecule has 0 fully saturated rings. The highest BCUT2D eigenvalue weighted by molar-refractivity contribution is 7.37. The van der Waals surface area contributed by atoms with Crippen LogP contribution in [0, 0.1) is 0 Å². The molecule has 0 amide bonds. The van der Waals surface area contributed by atoms with E-state index in [-0.39, 0.29) is 0 Å². The molecule has 0 radical (unpaired) electrons. The fourth-order valence-electron chi connectivity index (χ4n) is 1.33. The third-order valence-electron chi connectivity index (χ3n) is 2.13. The first-order valence-corrected chi connectivity index (χ1v) is 7.04. The molecule has 0 nitrogen and oxygen atoms in total. The van der Waals surface area contributed by atoms with Gasteiger partial charge in [-0.2, -0.15) is 0 Å². The van der Waals surface area contributed by atoms with E-state index in [2.05, 4.69) is 13.8 Å². The molecule has 0 aromatic heterocycles. The predicted octanol–water partition coefficient (Wildman–Crippen LogP) is 4.44. The molecule has 12 heavy (non-hydrogen) atoms. The minimum atomic E-state index is 1.24. The topological polar surface area (TPSA) is 0 Å². The first-order chi connectivity index (χ1) is 5.91. The zero-order valence-corrected chi connectivity index (χ0v) is 9.86. The number of unbranched alkanes of at least 4 members (excludes halogenated alkanes) is 5. The van der Waals surface area contributed by atoms with Gasteiger partial charge < -0.3 is 0 Å². The van der Waals surface area contributed by atoms with Crippen LogP contribution in [-0.4, -0.2) is 12.3 Å². The third-order valence-corrected chi connectivity index (χ3v) is 3.69. The maximum atomic E-state index is 2.29. The predicted molar refractivity (Wildman–Crippen MR) is 61.7 cm³/mol. The van der Waals surface area contributed by atoms with Crippen LogP contribution in [0.2, 0.25) is 0 Å². The van der Waals surface area contributed by atoms with E-state index in [9.17, 15) is 0 Å². The van der Waals surface area contributed by atoms with Crippen LogP contribution in [0.15, 0.2) is 0 Å². The van der Waals surface area contributed by atoms with E-state index in [1.165, 1.54) is 65.9 Å². The Labute approximate surface area is 80.3 Å². The van der Waals surface area contributed by atoms with Gasteiger partial charge in [0.15, 0.2) is 0 Å². The van der Waals surface area contributed by atoms with Crippen LogP contribution in [-0.2, 0) is 0 Å². The molecular formula is C11H25P. The zero-order valence-electron chi connectivity index (χ0n) is 8.86. The highest BCUT2D eigenvalue weighted by Crippen LogP contribution is 2.15. The minimum absolute atomic E-state index is 1.24. The summed E-state index contributed by atoms with van der Waals surface area (Å²) in [7, 11) is 1.24. The van der Waals surface area contributed by atoms with E-state index < -0.39 is 0 Å². The van der Waals surface area contributed by atoms with Gasteiger partial charge in [-0.3, -0.25) is 0 Å². The van der Waals surface area contributed by atoms with E-state index in [0.29, 0.717) is 0 Å². The van der Waals surface area contributed by atoms with E-state index in [1.807, 2.05) is 0 Å². The lowest BCUT2D eigenvalue weighted by Gasteiger charge is -2.00. The largest absolute Gasteiger partial charge is 0.122 e. The fourth-order valence-corrected chi connectivity index (χ4v) is 2.44. The van der Waals surface area contributed by atoms with Gasteiger partial charge in [-0.05, 0) is 18.7 Å². The van der Waals surface area contributed by atoms with Gasteiger partial charge in [0.1, 0.15) is 0 Å². The first-order valence-electron chi connectivity index (χ1n) is 5.62. The van der Waals surface area contributed by atoms with E-state index in [4.69, 9.17) is 0 Å². The summed E-state index contributed by atoms with van der Waals surface area (Å²) in [6, 6.07) is 0. The normalized spacial score (nSPS) is 11.5. The Hall–Kier alpha value is 0.430. The molecule has 0 rings (SSSR count). The molecule has 0 aromatic carbocycles. The molecule has 0 saturated heterocycles. The van der Waals surface area contributed by atoms with Crippen molar-refractivity contribution in [2.24, 2.45) is 0 Å². The second kappa shape index (κ2) is 11.4. The molecule has 0 aliphatic carbocycles. The van der Waals surface area contributed by atoms with Gasteiger partial charge >= 0.3 is 0 Å². The summed E-state index contributed by atoms with van der Waals surface area (Å²) >= 11 is 0. The molecule has 0 saturated carbocycles. The van der Waals surface area contributed by atoms with Crippen molar-refractivity contribution in [2.45, 2.75) is 58.8 Å². The van der Waals surface area contributed by atoms with E-state index in [1.54, 1.807) is 0 Å². The van der Waals surface area contributed by atoms with Crippen LogP contribution in [0.5, 0.6) is 0 Å². The van der Waals surface area contributed by atoms with Crippen LogP contribution in [0.1, 0.15) is 58.8 Å². The third kappa shape index (κ3) is 10.4. The van der Waals surface area contributed by atoms with Gasteiger partial charge in [-0.25, -0.2) is 0 Å². The summed E-state index contributed by atoms with van der Waals surface area (Å²) in [5, 5.41) is 0. The Kier molecular flexibility index (Phi) is 11.8. The molecule has 0 aromatic rings. The highest BCUT2D eigenvalue weighted by atomic mass is 31.1. The summed E-state index contributed by atoms with van der Waals surface area (Å²) in [5.41, 5.74) is 0. The quantitative estimate of drug-likeness (QED) is 0.371. The summed E-state index contributed by atoms with van der Waals surface area (Å²) in [6.07, 6.45) is 13.1. The minimum Gasteiger partial charge on any atom is -0.122 e. The standard InChI is InChI=1S/C11H25P/c1-3-5-6-7-8-9-11-12-10-4-2/h12H,3-11H2,1-2H3. The summed E-state index contributed by atoms with van der Waals surface area (Å²) in [4.78, 5) is 0. The Morgan fingerprint density at radius 2 is 1.33 bits per heavy atom. The number of hydrogen-bond donors (Lipinski definition) is 0. The number of rotatable bonds is 9. The Morgan fingerprint density at radius 3 is 2.00 bits per heavy atom. The van der Waals surface area contributed by atoms with Crippen molar-refractivity contribution < 1.29 is 0 Å². The molecular weight excluding hydrogens is 163 g/mol. The van der Waals surface area contributed by atoms with Crippen LogP contribution >= 0.6 is 8.58 Å². The van der Waals surface area contributed by atoms with Gasteiger partial charge in [-0.15, -0.1) is 8.58 Å². The second-order valence-corrected chi connectivity index (χ2v) is 5.02. The van der Waals surface area contributed by atoms with E-state index >= 15 is 0 Å². The van der Waals surface area contributed by atoms with Gasteiger partial charge in [0.25, 0.3) is 0 Å². The smallest absolute Gasteiger partial charge is 0.0353 e. The Bertz CT molecular complexity index is 61.4. The molecule has 0 heterocycles. The molecule has 0 aliphatic rings. The second-order valence-electron chi connectivity index (χ2n) is 3.52. The molecule has 0 spiro atoms. The Morgan fingerprint density at radius 1 is 0.667 bits per heavy atom. The summed E-state index contributed by atoms with van der Waals surface area (Å²) in [6.45, 7) is 4.57. The molecule has 1 unspecified atom stereocenters. The molecule has 1 heteroatoms. The maximum Gasteiger partial charge on any atom is -0.0353 e. The monoisotopic (exact) mass is 188 g/mol. The van der Waals surface area contributed by atoms with Crippen LogP contribution in [0.25, 0.3) is 0 Å². The lowest BCUT2D eigenvalue weighted by Crippen LogP contribution is -1.82. The molecule has 74 valence electrons. The average Bonchev–Trinajstić information content (AvgIpc) is 2.10. The lowest BCUT2D eigenvalue weighted by atomic mass is 10.1. The van der Waals surface area contributed by atoms with Crippen LogP contribution in [0.4, 0.5) is 0 Å². The van der Waals surface area contributed by atoms with Crippen LogP contribution in [0.3, 0.4) is 0 Å². The van der Waals surface area contributed by atoms with Crippen molar-refractivity contribution >= 4 is 8.58 Å². The molecule has 1 atom stereocenters. The summed E-state index contributed by atoms with van der Waals surface area (Å²) in [5.74, 6) is 0. The molecule has 0 bridgehead atoms. The highest BCUT2D eigenvalue weighted by Gasteiger charge is 1.89. The zero-order chi connectivity index (χ0) is 9.07. The number of hydrogen-bond acceptors (Lipinski definition) is 0. The Balaban J connectivity index is 2.73. The van der Waals surface area contributed by atoms with Crippen molar-refractivity contribution in [1.82, 2.24) is 0 Å².